The summed E-state index contributed by atoms with van der Waals surface area (Å²) >= 11 is 0. The molecule has 146 valence electrons. The van der Waals surface area contributed by atoms with E-state index in [0.717, 1.165) is 12.1 Å². The lowest BCUT2D eigenvalue weighted by Crippen LogP contribution is -2.77. The summed E-state index contributed by atoms with van der Waals surface area (Å²) in [7, 11) is 0. The lowest BCUT2D eigenvalue weighted by Gasteiger charge is -2.72. The molecule has 0 radical (unpaired) electrons. The molecule has 1 atom stereocenters. The quantitative estimate of drug-likeness (QED) is 0.813. The molecule has 3 fully saturated rings. The highest BCUT2D eigenvalue weighted by Gasteiger charge is 2.71. The first-order chi connectivity index (χ1) is 13.2. The van der Waals surface area contributed by atoms with Gasteiger partial charge in [0.1, 0.15) is 5.82 Å². The number of nitrogens with one attached hydrogen (secondary N) is 2. The van der Waals surface area contributed by atoms with Gasteiger partial charge in [-0.1, -0.05) is 6.92 Å². The SMILES string of the molecule is C[C@@H](C(=O)Nc1ccc(F)cc1)C12CC(NC(=O)c3ccc(F)c(F)c3)(C1)C2. The second-order valence-corrected chi connectivity index (χ2v) is 7.97. The Bertz CT molecular complexity index is 939. The molecule has 2 aromatic rings. The van der Waals surface area contributed by atoms with Gasteiger partial charge in [-0.05, 0) is 67.1 Å². The normalized spacial score (nSPS) is 25.9. The van der Waals surface area contributed by atoms with Gasteiger partial charge in [0.05, 0.1) is 0 Å². The number of hydrogen-bond acceptors (Lipinski definition) is 2. The van der Waals surface area contributed by atoms with Crippen LogP contribution in [0.15, 0.2) is 42.5 Å². The Balaban J connectivity index is 1.34. The minimum atomic E-state index is -1.06. The summed E-state index contributed by atoms with van der Waals surface area (Å²) in [6.45, 7) is 1.85. The average Bonchev–Trinajstić information content (AvgIpc) is 2.60. The van der Waals surface area contributed by atoms with Crippen LogP contribution in [0.5, 0.6) is 0 Å². The minimum Gasteiger partial charge on any atom is -0.347 e. The maximum Gasteiger partial charge on any atom is 0.251 e. The van der Waals surface area contributed by atoms with Gasteiger partial charge >= 0.3 is 0 Å². The summed E-state index contributed by atoms with van der Waals surface area (Å²) in [5.41, 5.74) is 0.0450. The maximum atomic E-state index is 13.3. The Morgan fingerprint density at radius 1 is 0.964 bits per heavy atom. The molecule has 28 heavy (non-hydrogen) atoms. The lowest BCUT2D eigenvalue weighted by atomic mass is 9.36. The number of carbonyl (C=O) groups is 2. The standard InChI is InChI=1S/C21H19F3N2O2/c1-12(18(27)25-15-5-3-14(22)4-6-15)20-9-21(10-20,11-20)26-19(28)13-2-7-16(23)17(24)8-13/h2-8,12H,9-11H2,1H3,(H,25,27)(H,26,28)/t12-,20?,21?/m0/s1. The first kappa shape index (κ1) is 18.5. The molecule has 3 aliphatic rings. The summed E-state index contributed by atoms with van der Waals surface area (Å²) in [6.07, 6.45) is 1.98. The van der Waals surface area contributed by atoms with Crippen LogP contribution in [0.25, 0.3) is 0 Å². The van der Waals surface area contributed by atoms with Gasteiger partial charge in [0.15, 0.2) is 11.6 Å². The second-order valence-electron chi connectivity index (χ2n) is 7.97. The van der Waals surface area contributed by atoms with E-state index in [1.807, 2.05) is 6.92 Å². The van der Waals surface area contributed by atoms with Crippen LogP contribution < -0.4 is 10.6 Å². The molecule has 2 N–H and O–H groups in total. The van der Waals surface area contributed by atoms with E-state index >= 15 is 0 Å². The Hall–Kier alpha value is -2.83. The van der Waals surface area contributed by atoms with Crippen LogP contribution in [0, 0.1) is 28.8 Å². The summed E-state index contributed by atoms with van der Waals surface area (Å²) < 4.78 is 39.3. The molecule has 0 aliphatic heterocycles. The highest BCUT2D eigenvalue weighted by molar-refractivity contribution is 5.96. The molecule has 2 aromatic carbocycles. The van der Waals surface area contributed by atoms with Gasteiger partial charge in [-0.15, -0.1) is 0 Å². The van der Waals surface area contributed by atoms with Gasteiger partial charge in [-0.25, -0.2) is 13.2 Å². The van der Waals surface area contributed by atoms with Gasteiger partial charge in [0.25, 0.3) is 5.91 Å². The number of anilines is 1. The molecule has 2 bridgehead atoms. The third kappa shape index (κ3) is 3.04. The highest BCUT2D eigenvalue weighted by Crippen LogP contribution is 2.70. The van der Waals surface area contributed by atoms with Crippen molar-refractivity contribution in [3.8, 4) is 0 Å². The van der Waals surface area contributed by atoms with Gasteiger partial charge in [-0.3, -0.25) is 9.59 Å². The molecule has 0 spiro atoms. The van der Waals surface area contributed by atoms with E-state index in [9.17, 15) is 22.8 Å². The van der Waals surface area contributed by atoms with Gasteiger partial charge < -0.3 is 10.6 Å². The van der Waals surface area contributed by atoms with E-state index in [1.54, 1.807) is 0 Å². The van der Waals surface area contributed by atoms with E-state index < -0.39 is 17.5 Å². The topological polar surface area (TPSA) is 58.2 Å². The van der Waals surface area contributed by atoms with Crippen LogP contribution in [0.2, 0.25) is 0 Å². The van der Waals surface area contributed by atoms with Crippen LogP contribution in [0.3, 0.4) is 0 Å². The zero-order valence-electron chi connectivity index (χ0n) is 15.2. The number of rotatable bonds is 5. The fraction of sp³-hybridized carbons (Fsp3) is 0.333. The predicted octanol–water partition coefficient (Wildman–Crippen LogP) is 4.03. The van der Waals surface area contributed by atoms with Crippen LogP contribution in [0.4, 0.5) is 18.9 Å². The van der Waals surface area contributed by atoms with Crippen LogP contribution in [0.1, 0.15) is 36.5 Å². The maximum absolute atomic E-state index is 13.3. The Labute approximate surface area is 160 Å². The van der Waals surface area contributed by atoms with Gasteiger partial charge in [-0.2, -0.15) is 0 Å². The smallest absolute Gasteiger partial charge is 0.251 e. The van der Waals surface area contributed by atoms with Crippen molar-refractivity contribution in [3.63, 3.8) is 0 Å². The van der Waals surface area contributed by atoms with Crippen molar-refractivity contribution >= 4 is 17.5 Å². The average molecular weight is 388 g/mol. The molecule has 0 aromatic heterocycles. The monoisotopic (exact) mass is 388 g/mol. The zero-order chi connectivity index (χ0) is 20.1. The van der Waals surface area contributed by atoms with Crippen molar-refractivity contribution in [2.75, 3.05) is 5.32 Å². The third-order valence-corrected chi connectivity index (χ3v) is 6.06. The summed E-state index contributed by atoms with van der Waals surface area (Å²) in [6, 6.07) is 8.62. The van der Waals surface area contributed by atoms with E-state index in [1.165, 1.54) is 30.3 Å². The molecular weight excluding hydrogens is 369 g/mol. The van der Waals surface area contributed by atoms with Crippen LogP contribution >= 0.6 is 0 Å². The Kier molecular flexibility index (Phi) is 4.21. The van der Waals surface area contributed by atoms with Gasteiger partial charge in [0, 0.05) is 22.7 Å². The first-order valence-corrected chi connectivity index (χ1v) is 9.06. The molecule has 3 saturated carbocycles. The summed E-state index contributed by atoms with van der Waals surface area (Å²) in [5.74, 6) is -3.29. The van der Waals surface area contributed by atoms with Crippen LogP contribution in [-0.2, 0) is 4.79 Å². The Morgan fingerprint density at radius 3 is 2.21 bits per heavy atom. The second kappa shape index (κ2) is 6.36. The summed E-state index contributed by atoms with van der Waals surface area (Å²) in [5, 5.41) is 5.68. The lowest BCUT2D eigenvalue weighted by molar-refractivity contribution is -0.184. The van der Waals surface area contributed by atoms with Crippen molar-refractivity contribution in [1.82, 2.24) is 5.32 Å². The van der Waals surface area contributed by atoms with Crippen molar-refractivity contribution in [2.24, 2.45) is 11.3 Å². The minimum absolute atomic E-state index is 0.0692. The molecule has 2 amide bonds. The molecule has 5 rings (SSSR count). The molecule has 4 nitrogen and oxygen atoms in total. The first-order valence-electron chi connectivity index (χ1n) is 9.06. The number of benzene rings is 2. The predicted molar refractivity (Wildman–Crippen MR) is 97.0 cm³/mol. The largest absolute Gasteiger partial charge is 0.347 e. The fourth-order valence-electron chi connectivity index (χ4n) is 4.47. The summed E-state index contributed by atoms with van der Waals surface area (Å²) in [4.78, 5) is 24.8. The van der Waals surface area contributed by atoms with E-state index in [4.69, 9.17) is 0 Å². The Morgan fingerprint density at radius 2 is 1.61 bits per heavy atom. The number of carbonyl (C=O) groups excluding carboxylic acids is 2. The molecule has 7 heteroatoms. The molecular formula is C21H19F3N2O2. The van der Waals surface area contributed by atoms with Crippen molar-refractivity contribution in [2.45, 2.75) is 31.7 Å². The van der Waals surface area contributed by atoms with E-state index in [0.29, 0.717) is 24.9 Å². The molecule has 3 aliphatic carbocycles. The number of hydrogen-bond donors (Lipinski definition) is 2. The third-order valence-electron chi connectivity index (χ3n) is 6.06. The molecule has 0 unspecified atom stereocenters. The van der Waals surface area contributed by atoms with Crippen LogP contribution in [-0.4, -0.2) is 17.4 Å². The molecule has 0 heterocycles. The van der Waals surface area contributed by atoms with E-state index in [-0.39, 0.29) is 34.2 Å². The fourth-order valence-corrected chi connectivity index (χ4v) is 4.47. The van der Waals surface area contributed by atoms with Crippen molar-refractivity contribution in [1.29, 1.82) is 0 Å². The highest BCUT2D eigenvalue weighted by atomic mass is 19.2. The number of halogens is 3. The van der Waals surface area contributed by atoms with Crippen molar-refractivity contribution in [3.05, 3.63) is 65.5 Å². The zero-order valence-corrected chi connectivity index (χ0v) is 15.2. The molecule has 0 saturated heterocycles. The van der Waals surface area contributed by atoms with Gasteiger partial charge in [0.2, 0.25) is 5.91 Å². The number of amides is 2. The van der Waals surface area contributed by atoms with Crippen molar-refractivity contribution < 1.29 is 22.8 Å². The van der Waals surface area contributed by atoms with E-state index in [2.05, 4.69) is 10.6 Å².